The summed E-state index contributed by atoms with van der Waals surface area (Å²) in [4.78, 5) is 39.0. The smallest absolute Gasteiger partial charge is 0.407 e. The zero-order valence-electron chi connectivity index (χ0n) is 19.0. The van der Waals surface area contributed by atoms with E-state index in [1.807, 2.05) is 42.5 Å². The number of hydrogen-bond acceptors (Lipinski definition) is 5. The van der Waals surface area contributed by atoms with Gasteiger partial charge in [-0.15, -0.1) is 0 Å². The number of alkyl carbamates (subject to hydrolysis) is 1. The van der Waals surface area contributed by atoms with Crippen molar-refractivity contribution in [3.05, 3.63) is 83.7 Å². The Kier molecular flexibility index (Phi) is 7.79. The summed E-state index contributed by atoms with van der Waals surface area (Å²) in [6, 6.07) is 18.8. The van der Waals surface area contributed by atoms with Gasteiger partial charge in [0.05, 0.1) is 6.61 Å². The molecule has 1 aliphatic rings. The fraction of sp³-hybridized carbons (Fsp3) is 0.269. The molecule has 4 N–H and O–H groups in total. The Morgan fingerprint density at radius 3 is 2.29 bits per heavy atom. The first-order chi connectivity index (χ1) is 17.0. The molecular weight excluding hydrogens is 450 g/mol. The number of aromatic nitrogens is 1. The molecule has 0 radical (unpaired) electrons. The Morgan fingerprint density at radius 2 is 1.66 bits per heavy atom. The molecule has 1 atom stereocenters. The van der Waals surface area contributed by atoms with Crippen LogP contribution in [0.25, 0.3) is 11.1 Å². The zero-order chi connectivity index (χ0) is 24.6. The predicted molar refractivity (Wildman–Crippen MR) is 128 cm³/mol. The Balaban J connectivity index is 1.36. The first kappa shape index (κ1) is 24.0. The van der Waals surface area contributed by atoms with Crippen LogP contribution in [0.5, 0.6) is 0 Å². The van der Waals surface area contributed by atoms with Crippen molar-refractivity contribution in [1.82, 2.24) is 15.6 Å². The highest BCUT2D eigenvalue weighted by Gasteiger charge is 2.30. The minimum atomic E-state index is -1.09. The number of carbonyl (C=O) groups excluding carboxylic acids is 2. The van der Waals surface area contributed by atoms with Crippen LogP contribution in [-0.4, -0.2) is 60.5 Å². The highest BCUT2D eigenvalue weighted by Crippen LogP contribution is 2.44. The quantitative estimate of drug-likeness (QED) is 0.314. The highest BCUT2D eigenvalue weighted by atomic mass is 16.5. The number of nitrogens with one attached hydrogen (secondary N) is 3. The fourth-order valence-corrected chi connectivity index (χ4v) is 4.24. The van der Waals surface area contributed by atoms with Crippen LogP contribution in [0.15, 0.2) is 66.9 Å². The lowest BCUT2D eigenvalue weighted by Crippen LogP contribution is -2.49. The Morgan fingerprint density at radius 1 is 0.971 bits per heavy atom. The normalized spacial score (nSPS) is 12.9. The minimum absolute atomic E-state index is 0.0399. The van der Waals surface area contributed by atoms with Gasteiger partial charge >= 0.3 is 12.1 Å². The lowest BCUT2D eigenvalue weighted by molar-refractivity contribution is -0.142. The van der Waals surface area contributed by atoms with E-state index in [0.29, 0.717) is 0 Å². The molecule has 1 aromatic heterocycles. The molecule has 0 saturated heterocycles. The van der Waals surface area contributed by atoms with E-state index in [1.165, 1.54) is 0 Å². The molecular formula is C26H27N3O6. The number of aromatic amines is 1. The van der Waals surface area contributed by atoms with E-state index in [9.17, 15) is 14.4 Å². The van der Waals surface area contributed by atoms with Crippen molar-refractivity contribution in [3.8, 4) is 11.1 Å². The van der Waals surface area contributed by atoms with Gasteiger partial charge in [-0.05, 0) is 34.4 Å². The Hall–Kier alpha value is -4.11. The number of hydrogen-bond donors (Lipinski definition) is 4. The lowest BCUT2D eigenvalue weighted by Gasteiger charge is -2.19. The van der Waals surface area contributed by atoms with Gasteiger partial charge in [-0.25, -0.2) is 9.59 Å². The van der Waals surface area contributed by atoms with Gasteiger partial charge in [0.15, 0.2) is 0 Å². The van der Waals surface area contributed by atoms with Gasteiger partial charge in [0.25, 0.3) is 0 Å². The molecule has 35 heavy (non-hydrogen) atoms. The largest absolute Gasteiger partial charge is 0.480 e. The van der Waals surface area contributed by atoms with E-state index in [1.54, 1.807) is 12.3 Å². The second-order valence-electron chi connectivity index (χ2n) is 8.16. The standard InChI is InChI=1S/C26H27N3O6/c30-24(31)16-34-13-12-28-25(32)23(14-17-6-5-11-27-17)29-26(33)35-15-22-20-9-3-1-7-18(20)19-8-2-4-10-21(19)22/h1-11,22-23,27H,12-16H2,(H,28,32)(H,29,33)(H,30,31). The van der Waals surface area contributed by atoms with Gasteiger partial charge in [0.2, 0.25) is 5.91 Å². The van der Waals surface area contributed by atoms with Crippen LogP contribution < -0.4 is 10.6 Å². The number of carboxylic acid groups (broad SMARTS) is 1. The summed E-state index contributed by atoms with van der Waals surface area (Å²) < 4.78 is 10.5. The molecule has 9 heteroatoms. The zero-order valence-corrected chi connectivity index (χ0v) is 19.0. The molecule has 0 aliphatic heterocycles. The van der Waals surface area contributed by atoms with Crippen LogP contribution in [0.3, 0.4) is 0 Å². The van der Waals surface area contributed by atoms with E-state index in [0.717, 1.165) is 27.9 Å². The molecule has 1 heterocycles. The maximum atomic E-state index is 12.7. The van der Waals surface area contributed by atoms with Crippen molar-refractivity contribution in [2.24, 2.45) is 0 Å². The number of carboxylic acids is 1. The van der Waals surface area contributed by atoms with Crippen LogP contribution in [0.1, 0.15) is 22.7 Å². The first-order valence-electron chi connectivity index (χ1n) is 11.3. The van der Waals surface area contributed by atoms with Crippen LogP contribution >= 0.6 is 0 Å². The topological polar surface area (TPSA) is 130 Å². The van der Waals surface area contributed by atoms with Crippen LogP contribution in [0, 0.1) is 0 Å². The van der Waals surface area contributed by atoms with Crippen LogP contribution in [0.4, 0.5) is 4.79 Å². The number of fused-ring (bicyclic) bond motifs is 3. The molecule has 0 spiro atoms. The number of benzene rings is 2. The molecule has 9 nitrogen and oxygen atoms in total. The fourth-order valence-electron chi connectivity index (χ4n) is 4.24. The molecule has 182 valence electrons. The number of ether oxygens (including phenoxy) is 2. The van der Waals surface area contributed by atoms with E-state index in [-0.39, 0.29) is 32.1 Å². The second-order valence-corrected chi connectivity index (χ2v) is 8.16. The number of amides is 2. The minimum Gasteiger partial charge on any atom is -0.480 e. The molecule has 3 aromatic rings. The van der Waals surface area contributed by atoms with Crippen molar-refractivity contribution in [2.45, 2.75) is 18.4 Å². The third kappa shape index (κ3) is 6.07. The van der Waals surface area contributed by atoms with Gasteiger partial charge in [-0.3, -0.25) is 4.79 Å². The second kappa shape index (κ2) is 11.3. The molecule has 4 rings (SSSR count). The van der Waals surface area contributed by atoms with Crippen molar-refractivity contribution in [2.75, 3.05) is 26.4 Å². The highest BCUT2D eigenvalue weighted by molar-refractivity contribution is 5.86. The summed E-state index contributed by atoms with van der Waals surface area (Å²) in [6.45, 7) is -0.155. The summed E-state index contributed by atoms with van der Waals surface area (Å²) in [5.41, 5.74) is 5.23. The molecule has 1 aliphatic carbocycles. The number of carbonyl (C=O) groups is 3. The van der Waals surface area contributed by atoms with Crippen LogP contribution in [-0.2, 0) is 25.5 Å². The average Bonchev–Trinajstić information content (AvgIpc) is 3.48. The summed E-state index contributed by atoms with van der Waals surface area (Å²) >= 11 is 0. The maximum Gasteiger partial charge on any atom is 0.407 e. The molecule has 0 saturated carbocycles. The summed E-state index contributed by atoms with van der Waals surface area (Å²) in [5.74, 6) is -1.60. The molecule has 2 aromatic carbocycles. The molecule has 0 fully saturated rings. The van der Waals surface area contributed by atoms with Crippen molar-refractivity contribution < 1.29 is 29.0 Å². The monoisotopic (exact) mass is 477 g/mol. The lowest BCUT2D eigenvalue weighted by atomic mass is 9.98. The molecule has 1 unspecified atom stereocenters. The number of H-pyrrole nitrogens is 1. The van der Waals surface area contributed by atoms with E-state index in [2.05, 4.69) is 27.8 Å². The first-order valence-corrected chi connectivity index (χ1v) is 11.3. The summed E-state index contributed by atoms with van der Waals surface area (Å²) in [6.07, 6.45) is 1.27. The van der Waals surface area contributed by atoms with E-state index >= 15 is 0 Å². The number of rotatable bonds is 11. The summed E-state index contributed by atoms with van der Waals surface area (Å²) in [7, 11) is 0. The Bertz CT molecular complexity index is 1130. The molecule has 2 amide bonds. The van der Waals surface area contributed by atoms with Crippen LogP contribution in [0.2, 0.25) is 0 Å². The predicted octanol–water partition coefficient (Wildman–Crippen LogP) is 2.68. The van der Waals surface area contributed by atoms with E-state index in [4.69, 9.17) is 14.6 Å². The maximum absolute atomic E-state index is 12.7. The van der Waals surface area contributed by atoms with Gasteiger partial charge in [0.1, 0.15) is 19.3 Å². The van der Waals surface area contributed by atoms with Crippen molar-refractivity contribution >= 4 is 18.0 Å². The third-order valence-corrected chi connectivity index (χ3v) is 5.81. The van der Waals surface area contributed by atoms with Crippen molar-refractivity contribution in [3.63, 3.8) is 0 Å². The molecule has 0 bridgehead atoms. The Labute approximate surface area is 202 Å². The number of aliphatic carboxylic acids is 1. The van der Waals surface area contributed by atoms with Gasteiger partial charge in [-0.2, -0.15) is 0 Å². The van der Waals surface area contributed by atoms with Gasteiger partial charge in [-0.1, -0.05) is 48.5 Å². The van der Waals surface area contributed by atoms with E-state index < -0.39 is 30.6 Å². The summed E-state index contributed by atoms with van der Waals surface area (Å²) in [5, 5.41) is 13.9. The third-order valence-electron chi connectivity index (χ3n) is 5.81. The van der Waals surface area contributed by atoms with Crippen molar-refractivity contribution in [1.29, 1.82) is 0 Å². The van der Waals surface area contributed by atoms with Gasteiger partial charge < -0.3 is 30.2 Å². The SMILES string of the molecule is O=C(O)COCCNC(=O)C(Cc1ccc[nH]1)NC(=O)OCC1c2ccccc2-c2ccccc21. The average molecular weight is 478 g/mol. The van der Waals surface area contributed by atoms with Gasteiger partial charge in [0, 0.05) is 30.8 Å².